The molecule has 0 amide bonds. The minimum absolute atomic E-state index is 0.141. The van der Waals surface area contributed by atoms with Crippen molar-refractivity contribution in [3.63, 3.8) is 0 Å². The lowest BCUT2D eigenvalue weighted by molar-refractivity contribution is -0.0703. The van der Waals surface area contributed by atoms with Crippen LogP contribution in [-0.4, -0.2) is 94.3 Å². The van der Waals surface area contributed by atoms with Gasteiger partial charge in [0.15, 0.2) is 16.6 Å². The smallest absolute Gasteiger partial charge is 0.413 e. The summed E-state index contributed by atoms with van der Waals surface area (Å²) in [6.07, 6.45) is -1.72. The molecule has 8 unspecified atom stereocenters. The van der Waals surface area contributed by atoms with E-state index in [1.807, 2.05) is 58.3 Å². The highest BCUT2D eigenvalue weighted by atomic mass is 28.5. The summed E-state index contributed by atoms with van der Waals surface area (Å²) in [6, 6.07) is 18.4. The Morgan fingerprint density at radius 3 is 1.82 bits per heavy atom. The molecule has 45 heavy (non-hydrogen) atoms. The van der Waals surface area contributed by atoms with Crippen LogP contribution in [0.2, 0.25) is 39.3 Å². The second-order valence-corrected chi connectivity index (χ2v) is 27.5. The van der Waals surface area contributed by atoms with Crippen molar-refractivity contribution in [2.45, 2.75) is 104 Å². The second-order valence-electron chi connectivity index (χ2n) is 13.3. The van der Waals surface area contributed by atoms with Crippen LogP contribution in [0.5, 0.6) is 0 Å². The Kier molecular flexibility index (Phi) is 12.9. The molecule has 3 heterocycles. The van der Waals surface area contributed by atoms with Gasteiger partial charge in [-0.05, 0) is 65.3 Å². The first-order valence-electron chi connectivity index (χ1n) is 15.6. The summed E-state index contributed by atoms with van der Waals surface area (Å²) in [7, 11) is -7.67. The molecule has 3 saturated heterocycles. The molecule has 5 rings (SSSR count). The van der Waals surface area contributed by atoms with Gasteiger partial charge in [-0.25, -0.2) is 0 Å². The number of anilines is 1. The Hall–Kier alpha value is -1.36. The van der Waals surface area contributed by atoms with Crippen molar-refractivity contribution in [3.05, 3.63) is 54.6 Å². The van der Waals surface area contributed by atoms with Crippen LogP contribution in [0.3, 0.4) is 0 Å². The predicted molar refractivity (Wildman–Crippen MR) is 185 cm³/mol. The number of hydrogen-bond acceptors (Lipinski definition) is 10. The van der Waals surface area contributed by atoms with E-state index < -0.39 is 43.5 Å². The Balaban J connectivity index is 0.00000104. The lowest BCUT2D eigenvalue weighted by Crippen LogP contribution is -2.61. The summed E-state index contributed by atoms with van der Waals surface area (Å²) in [6.45, 7) is 21.3. The molecule has 8 atom stereocenters. The van der Waals surface area contributed by atoms with Crippen LogP contribution < -0.4 is 15.3 Å². The van der Waals surface area contributed by atoms with E-state index in [9.17, 15) is 0 Å². The summed E-state index contributed by atoms with van der Waals surface area (Å²) in [5, 5.41) is 1.93. The highest BCUT2D eigenvalue weighted by Crippen LogP contribution is 2.44. The maximum absolute atomic E-state index is 8.40. The van der Waals surface area contributed by atoms with E-state index >= 15 is 0 Å². The third-order valence-corrected chi connectivity index (χ3v) is 16.9. The highest BCUT2D eigenvalue weighted by molar-refractivity contribution is 6.86. The van der Waals surface area contributed by atoms with Crippen molar-refractivity contribution in [2.24, 2.45) is 0 Å². The number of fused-ring (bicyclic) bond motifs is 2. The van der Waals surface area contributed by atoms with Gasteiger partial charge in [0.25, 0.3) is 0 Å². The van der Waals surface area contributed by atoms with E-state index in [0.29, 0.717) is 0 Å². The Morgan fingerprint density at radius 2 is 1.31 bits per heavy atom. The van der Waals surface area contributed by atoms with E-state index in [2.05, 4.69) is 82.3 Å². The minimum atomic E-state index is -3.26. The molecule has 0 aromatic heterocycles. The third-order valence-electron chi connectivity index (χ3n) is 7.25. The van der Waals surface area contributed by atoms with Crippen molar-refractivity contribution in [1.82, 2.24) is 0 Å². The first-order chi connectivity index (χ1) is 21.0. The molecule has 0 radical (unpaired) electrons. The molecule has 3 aliphatic rings. The third kappa shape index (κ3) is 8.97. The zero-order chi connectivity index (χ0) is 33.8. The Morgan fingerprint density at radius 1 is 0.756 bits per heavy atom. The Bertz CT molecular complexity index is 1270. The second kappa shape index (κ2) is 15.2. The predicted octanol–water partition coefficient (Wildman–Crippen LogP) is 4.23. The van der Waals surface area contributed by atoms with Crippen LogP contribution in [0.4, 0.5) is 5.69 Å². The lowest BCUT2D eigenvalue weighted by Gasteiger charge is -2.38. The van der Waals surface area contributed by atoms with Crippen LogP contribution in [0.25, 0.3) is 0 Å². The standard InChI is InChI=1S/C28H45NO7Si4.C2H6.O2Si/c1-20(30-37(5,6)7)25-27-28(35-39(32-25,34-27)23-14-12-11-13-15-23)26-21(2)31-40(33-26,36-38(8,9)10)24-18-16-22(17-19-24)29(3)4;1-2;1-3-2/h11-21,25-28H,1-10H3;1-2H3;. The lowest BCUT2D eigenvalue weighted by atomic mass is 9.97. The number of benzene rings is 2. The summed E-state index contributed by atoms with van der Waals surface area (Å²) >= 11 is 0. The van der Waals surface area contributed by atoms with Gasteiger partial charge in [0.05, 0.1) is 12.2 Å². The Labute approximate surface area is 275 Å². The van der Waals surface area contributed by atoms with Crippen LogP contribution in [-0.2, 0) is 39.6 Å². The van der Waals surface area contributed by atoms with E-state index in [1.165, 1.54) is 0 Å². The normalized spacial score (nSPS) is 31.2. The average Bonchev–Trinajstić information content (AvgIpc) is 3.64. The van der Waals surface area contributed by atoms with E-state index in [4.69, 9.17) is 39.6 Å². The molecule has 3 aliphatic heterocycles. The molecular formula is C30H51NO9Si5. The zero-order valence-electron chi connectivity index (χ0n) is 28.8. The maximum Gasteiger partial charge on any atom is 0.549 e. The van der Waals surface area contributed by atoms with E-state index in [0.717, 1.165) is 16.1 Å². The summed E-state index contributed by atoms with van der Waals surface area (Å²) in [5.41, 5.74) is 1.11. The van der Waals surface area contributed by atoms with Crippen LogP contribution in [0, 0.1) is 0 Å². The van der Waals surface area contributed by atoms with Crippen molar-refractivity contribution in [1.29, 1.82) is 0 Å². The van der Waals surface area contributed by atoms with Gasteiger partial charge in [-0.2, -0.15) is 0 Å². The van der Waals surface area contributed by atoms with E-state index in [-0.39, 0.29) is 36.6 Å². The monoisotopic (exact) mass is 709 g/mol. The van der Waals surface area contributed by atoms with Crippen molar-refractivity contribution < 1.29 is 39.6 Å². The molecular weight excluding hydrogens is 659 g/mol. The topological polar surface area (TPSA) is 102 Å². The molecule has 0 aliphatic carbocycles. The van der Waals surface area contributed by atoms with Gasteiger partial charge in [-0.3, -0.25) is 8.92 Å². The molecule has 0 spiro atoms. The summed E-state index contributed by atoms with van der Waals surface area (Å²) in [5.74, 6) is 0. The van der Waals surface area contributed by atoms with Crippen LogP contribution in [0.15, 0.2) is 54.6 Å². The zero-order valence-corrected chi connectivity index (χ0v) is 33.8. The first kappa shape index (κ1) is 38.1. The highest BCUT2D eigenvalue weighted by Gasteiger charge is 2.70. The first-order valence-corrected chi connectivity index (χ1v) is 26.7. The minimum Gasteiger partial charge on any atom is -0.413 e. The van der Waals surface area contributed by atoms with Gasteiger partial charge < -0.3 is 35.6 Å². The van der Waals surface area contributed by atoms with Crippen molar-refractivity contribution in [2.75, 3.05) is 19.0 Å². The molecule has 250 valence electrons. The molecule has 15 heteroatoms. The number of hydrogen-bond donors (Lipinski definition) is 0. The van der Waals surface area contributed by atoms with Crippen molar-refractivity contribution in [3.8, 4) is 0 Å². The van der Waals surface area contributed by atoms with Gasteiger partial charge in [0.1, 0.15) is 24.4 Å². The van der Waals surface area contributed by atoms with Gasteiger partial charge in [0, 0.05) is 30.2 Å². The van der Waals surface area contributed by atoms with E-state index in [1.54, 1.807) is 0 Å². The molecule has 2 aromatic carbocycles. The van der Waals surface area contributed by atoms with Gasteiger partial charge in [-0.15, -0.1) is 0 Å². The number of nitrogens with zero attached hydrogens (tertiary/aromatic N) is 1. The van der Waals surface area contributed by atoms with Crippen LogP contribution in [0.1, 0.15) is 27.7 Å². The largest absolute Gasteiger partial charge is 0.549 e. The average molecular weight is 710 g/mol. The molecule has 2 bridgehead atoms. The summed E-state index contributed by atoms with van der Waals surface area (Å²) in [4.78, 5) is 2.08. The fraction of sp³-hybridized carbons (Fsp3) is 0.600. The van der Waals surface area contributed by atoms with Gasteiger partial charge >= 0.3 is 26.9 Å². The van der Waals surface area contributed by atoms with Gasteiger partial charge in [0.2, 0.25) is 0 Å². The maximum atomic E-state index is 8.40. The van der Waals surface area contributed by atoms with Crippen LogP contribution >= 0.6 is 0 Å². The summed E-state index contributed by atoms with van der Waals surface area (Å²) < 4.78 is 64.3. The molecule has 3 fully saturated rings. The molecule has 0 saturated carbocycles. The SMILES string of the molecule is CC.CC(O[Si](C)(C)C)C1O[Si]2(c3ccccc3)OC1C(C1O[Si](O[Si](C)(C)C)(c3ccc(N(C)C)cc3)OC1C)O2.O=[Si]=O. The fourth-order valence-electron chi connectivity index (χ4n) is 5.72. The molecule has 2 aromatic rings. The quantitative estimate of drug-likeness (QED) is 0.352. The fourth-order valence-corrected chi connectivity index (χ4v) is 16.4. The molecule has 0 N–H and O–H groups in total. The van der Waals surface area contributed by atoms with Crippen molar-refractivity contribution >= 4 is 59.6 Å². The van der Waals surface area contributed by atoms with Gasteiger partial charge in [-0.1, -0.05) is 56.3 Å². The number of rotatable bonds is 9. The molecule has 10 nitrogen and oxygen atoms in total.